The SMILES string of the molecule is Cc1cccc(C)c1-c1cc2nc(n1)NS(=O)(=O)c1cccc(c1)C(=O)N1CCC(c3ccccc3)C(C1)O2. The first-order chi connectivity index (χ1) is 18.8. The first kappa shape index (κ1) is 25.1. The molecule has 0 saturated carbocycles. The van der Waals surface area contributed by atoms with Crippen molar-refractivity contribution in [3.63, 3.8) is 0 Å². The number of hydrogen-bond acceptors (Lipinski definition) is 6. The Bertz CT molecular complexity index is 1650. The third kappa shape index (κ3) is 4.85. The molecule has 6 rings (SSSR count). The predicted octanol–water partition coefficient (Wildman–Crippen LogP) is 4.95. The highest BCUT2D eigenvalue weighted by atomic mass is 32.2. The van der Waals surface area contributed by atoms with Crippen molar-refractivity contribution in [1.29, 1.82) is 0 Å². The normalized spacial score (nSPS) is 20.1. The highest BCUT2D eigenvalue weighted by Crippen LogP contribution is 2.35. The minimum atomic E-state index is -4.08. The maximum Gasteiger partial charge on any atom is 0.264 e. The summed E-state index contributed by atoms with van der Waals surface area (Å²) in [4.78, 5) is 24.3. The molecule has 1 amide bonds. The lowest BCUT2D eigenvalue weighted by molar-refractivity contribution is 0.0453. The molecule has 3 heterocycles. The molecule has 198 valence electrons. The number of carbonyl (C=O) groups is 1. The summed E-state index contributed by atoms with van der Waals surface area (Å²) in [6.45, 7) is 4.83. The van der Waals surface area contributed by atoms with Gasteiger partial charge in [0.1, 0.15) is 6.10 Å². The predicted molar refractivity (Wildman–Crippen MR) is 148 cm³/mol. The number of rotatable bonds is 2. The lowest BCUT2D eigenvalue weighted by atomic mass is 9.86. The van der Waals surface area contributed by atoms with E-state index in [1.165, 1.54) is 12.1 Å². The van der Waals surface area contributed by atoms with Gasteiger partial charge in [0.15, 0.2) is 0 Å². The molecule has 1 N–H and O–H groups in total. The number of sulfonamides is 1. The molecule has 0 spiro atoms. The van der Waals surface area contributed by atoms with E-state index in [2.05, 4.69) is 26.8 Å². The summed E-state index contributed by atoms with van der Waals surface area (Å²) in [6, 6.07) is 23.8. The van der Waals surface area contributed by atoms with Gasteiger partial charge in [-0.25, -0.2) is 18.1 Å². The van der Waals surface area contributed by atoms with E-state index in [4.69, 9.17) is 4.74 Å². The second-order valence-corrected chi connectivity index (χ2v) is 11.7. The van der Waals surface area contributed by atoms with Crippen molar-refractivity contribution in [2.45, 2.75) is 37.2 Å². The number of benzene rings is 3. The van der Waals surface area contributed by atoms with Crippen molar-refractivity contribution in [2.75, 3.05) is 17.8 Å². The molecule has 2 aliphatic heterocycles. The van der Waals surface area contributed by atoms with Gasteiger partial charge < -0.3 is 9.64 Å². The fourth-order valence-corrected chi connectivity index (χ4v) is 6.48. The zero-order valence-corrected chi connectivity index (χ0v) is 22.5. The van der Waals surface area contributed by atoms with Gasteiger partial charge in [-0.2, -0.15) is 4.98 Å². The van der Waals surface area contributed by atoms with E-state index in [1.807, 2.05) is 50.2 Å². The number of fused-ring (bicyclic) bond motifs is 6. The average Bonchev–Trinajstić information content (AvgIpc) is 2.92. The summed E-state index contributed by atoms with van der Waals surface area (Å²) >= 11 is 0. The van der Waals surface area contributed by atoms with Crippen molar-refractivity contribution in [1.82, 2.24) is 14.9 Å². The smallest absolute Gasteiger partial charge is 0.264 e. The summed E-state index contributed by atoms with van der Waals surface area (Å²) < 4.78 is 35.8. The number of nitrogens with zero attached hydrogens (tertiary/aromatic N) is 3. The summed E-state index contributed by atoms with van der Waals surface area (Å²) in [5.74, 6) is -0.0671. The Labute approximate surface area is 227 Å². The number of amides is 1. The van der Waals surface area contributed by atoms with Crippen molar-refractivity contribution in [2.24, 2.45) is 0 Å². The molecule has 2 unspecified atom stereocenters. The molecule has 8 nitrogen and oxygen atoms in total. The first-order valence-corrected chi connectivity index (χ1v) is 14.4. The summed E-state index contributed by atoms with van der Waals surface area (Å²) in [5.41, 5.74) is 4.85. The van der Waals surface area contributed by atoms with Crippen LogP contribution in [0.4, 0.5) is 5.95 Å². The Morgan fingerprint density at radius 1 is 0.923 bits per heavy atom. The largest absolute Gasteiger partial charge is 0.472 e. The Balaban J connectivity index is 1.53. The van der Waals surface area contributed by atoms with Gasteiger partial charge in [-0.1, -0.05) is 54.6 Å². The van der Waals surface area contributed by atoms with E-state index < -0.39 is 16.1 Å². The molecule has 1 saturated heterocycles. The van der Waals surface area contributed by atoms with Crippen LogP contribution in [0.1, 0.15) is 39.4 Å². The van der Waals surface area contributed by atoms with Gasteiger partial charge in [-0.3, -0.25) is 4.79 Å². The van der Waals surface area contributed by atoms with E-state index in [0.717, 1.165) is 22.3 Å². The van der Waals surface area contributed by atoms with Crippen LogP contribution < -0.4 is 9.46 Å². The number of carbonyl (C=O) groups excluding carboxylic acids is 1. The number of aryl methyl sites for hydroxylation is 2. The standard InChI is InChI=1S/C30H28N4O4S/c1-19-8-6-9-20(2)28(19)25-17-27-32-30(31-25)33-39(36,37)23-13-7-12-22(16-23)29(35)34-15-14-24(26(18-34)38-27)21-10-4-3-5-11-21/h3-13,16-17,24,26H,14-15,18H2,1-2H3,(H,31,32,33). The van der Waals surface area contributed by atoms with Crippen molar-refractivity contribution < 1.29 is 17.9 Å². The molecule has 3 aromatic carbocycles. The maximum atomic E-state index is 13.5. The molecule has 2 aliphatic rings. The minimum absolute atomic E-state index is 0.0190. The molecule has 1 fully saturated rings. The molecule has 6 bridgehead atoms. The molecule has 0 aliphatic carbocycles. The summed E-state index contributed by atoms with van der Waals surface area (Å²) in [6.07, 6.45) is 0.289. The van der Waals surface area contributed by atoms with Crippen molar-refractivity contribution in [3.8, 4) is 17.1 Å². The fraction of sp³-hybridized carbons (Fsp3) is 0.233. The first-order valence-electron chi connectivity index (χ1n) is 12.9. The summed E-state index contributed by atoms with van der Waals surface area (Å²) in [5, 5.41) is 0. The third-order valence-corrected chi connectivity index (χ3v) is 8.73. The number of nitrogens with one attached hydrogen (secondary N) is 1. The third-order valence-electron chi connectivity index (χ3n) is 7.40. The van der Waals surface area contributed by atoms with Gasteiger partial charge in [0, 0.05) is 29.7 Å². The molecule has 1 aromatic heterocycles. The van der Waals surface area contributed by atoms with Crippen LogP contribution in [0.25, 0.3) is 11.3 Å². The van der Waals surface area contributed by atoms with Gasteiger partial charge in [0.25, 0.3) is 15.9 Å². The lowest BCUT2D eigenvalue weighted by Crippen LogP contribution is -2.48. The van der Waals surface area contributed by atoms with Crippen LogP contribution in [0.5, 0.6) is 5.88 Å². The molecular weight excluding hydrogens is 512 g/mol. The van der Waals surface area contributed by atoms with Crippen LogP contribution in [0, 0.1) is 13.8 Å². The van der Waals surface area contributed by atoms with Crippen LogP contribution in [0.15, 0.2) is 83.8 Å². The van der Waals surface area contributed by atoms with Crippen LogP contribution >= 0.6 is 0 Å². The minimum Gasteiger partial charge on any atom is -0.472 e. The quantitative estimate of drug-likeness (QED) is 0.386. The molecule has 9 heteroatoms. The van der Waals surface area contributed by atoms with Crippen molar-refractivity contribution >= 4 is 21.9 Å². The maximum absolute atomic E-state index is 13.5. The Hall–Kier alpha value is -4.24. The van der Waals surface area contributed by atoms with Crippen LogP contribution in [-0.2, 0) is 10.0 Å². The zero-order valence-electron chi connectivity index (χ0n) is 21.7. The second kappa shape index (κ2) is 9.81. The molecule has 39 heavy (non-hydrogen) atoms. The molecule has 2 atom stereocenters. The van der Waals surface area contributed by atoms with Gasteiger partial charge >= 0.3 is 0 Å². The zero-order chi connectivity index (χ0) is 27.1. The van der Waals surface area contributed by atoms with Gasteiger partial charge in [-0.15, -0.1) is 0 Å². The Morgan fingerprint density at radius 2 is 1.67 bits per heavy atom. The monoisotopic (exact) mass is 540 g/mol. The molecule has 0 radical (unpaired) electrons. The number of aromatic nitrogens is 2. The number of piperidine rings is 1. The van der Waals surface area contributed by atoms with E-state index in [9.17, 15) is 13.2 Å². The average molecular weight is 541 g/mol. The fourth-order valence-electron chi connectivity index (χ4n) is 5.49. The van der Waals surface area contributed by atoms with Crippen molar-refractivity contribution in [3.05, 3.63) is 101 Å². The number of anilines is 1. The highest BCUT2D eigenvalue weighted by Gasteiger charge is 2.35. The second-order valence-electron chi connectivity index (χ2n) is 10.0. The van der Waals surface area contributed by atoms with Crippen LogP contribution in [0.3, 0.4) is 0 Å². The van der Waals surface area contributed by atoms with Gasteiger partial charge in [0.2, 0.25) is 11.8 Å². The van der Waals surface area contributed by atoms with E-state index in [0.29, 0.717) is 30.8 Å². The van der Waals surface area contributed by atoms with E-state index >= 15 is 0 Å². The number of ether oxygens (including phenoxy) is 1. The van der Waals surface area contributed by atoms with Gasteiger partial charge in [-0.05, 0) is 55.2 Å². The summed E-state index contributed by atoms with van der Waals surface area (Å²) in [7, 11) is -4.08. The molecular formula is C30H28N4O4S. The van der Waals surface area contributed by atoms with Crippen LogP contribution in [0.2, 0.25) is 0 Å². The lowest BCUT2D eigenvalue weighted by Gasteiger charge is -2.38. The van der Waals surface area contributed by atoms with E-state index in [1.54, 1.807) is 23.1 Å². The molecule has 4 aromatic rings. The topological polar surface area (TPSA) is 101 Å². The van der Waals surface area contributed by atoms with Gasteiger partial charge in [0.05, 0.1) is 17.1 Å². The Morgan fingerprint density at radius 3 is 2.44 bits per heavy atom. The highest BCUT2D eigenvalue weighted by molar-refractivity contribution is 7.92. The number of hydrogen-bond donors (Lipinski definition) is 1. The van der Waals surface area contributed by atoms with E-state index in [-0.39, 0.29) is 28.5 Å². The Kier molecular flexibility index (Phi) is 6.31. The van der Waals surface area contributed by atoms with Crippen LogP contribution in [-0.4, -0.2) is 48.4 Å².